The third-order valence-electron chi connectivity index (χ3n) is 33.3. The highest BCUT2D eigenvalue weighted by atomic mass is 16.3. The van der Waals surface area contributed by atoms with Crippen LogP contribution in [-0.2, 0) is 90.3 Å². The lowest BCUT2D eigenvalue weighted by Crippen LogP contribution is -2.53. The quantitative estimate of drug-likeness (QED) is 0.0213. The Kier molecular flexibility index (Phi) is 33.9. The second-order valence-corrected chi connectivity index (χ2v) is 44.9. The number of aliphatic hydroxyl groups is 2. The number of quaternary nitrogens is 1. The Labute approximate surface area is 854 Å². The first-order valence-corrected chi connectivity index (χ1v) is 54.0. The molecule has 7 atom stereocenters. The van der Waals surface area contributed by atoms with Crippen molar-refractivity contribution < 1.29 is 45.3 Å². The molecular formula is C130H160N5O8+. The van der Waals surface area contributed by atoms with Crippen molar-refractivity contribution in [3.05, 3.63) is 398 Å². The van der Waals surface area contributed by atoms with Crippen LogP contribution in [0.2, 0.25) is 0 Å². The van der Waals surface area contributed by atoms with Crippen LogP contribution < -0.4 is 0 Å². The van der Waals surface area contributed by atoms with E-state index >= 15 is 0 Å². The van der Waals surface area contributed by atoms with Gasteiger partial charge in [0.15, 0.2) is 0 Å². The maximum Gasteiger partial charge on any atom is 0.121 e. The largest absolute Gasteiger partial charge is 0.508 e. The predicted molar refractivity (Wildman–Crippen MR) is 585 cm³/mol. The van der Waals surface area contributed by atoms with Crippen molar-refractivity contribution in [3.63, 3.8) is 0 Å². The van der Waals surface area contributed by atoms with E-state index in [1.807, 2.05) is 126 Å². The lowest BCUT2D eigenvalue weighted by atomic mass is 9.79. The van der Waals surface area contributed by atoms with Crippen LogP contribution in [0, 0.1) is 92.9 Å². The number of fused-ring (bicyclic) bond motifs is 6. The molecule has 12 aromatic carbocycles. The molecule has 13 heteroatoms. The molecular weight excluding hydrogens is 1760 g/mol. The summed E-state index contributed by atoms with van der Waals surface area (Å²) in [4.78, 5) is 10.6. The number of phenolic OH excluding ortho intramolecular Hbond substituents is 5. The van der Waals surface area contributed by atoms with Gasteiger partial charge in [-0.05, 0) is 386 Å². The Hall–Kier alpha value is -11.1. The number of benzene rings is 12. The second kappa shape index (κ2) is 47.0. The molecule has 4 saturated carbocycles. The van der Waals surface area contributed by atoms with Crippen molar-refractivity contribution in [2.75, 3.05) is 72.5 Å². The minimum atomic E-state index is -0.141. The molecule has 0 radical (unpaired) electrons. The summed E-state index contributed by atoms with van der Waals surface area (Å²) in [6, 6.07) is 79.3. The molecule has 5 heterocycles. The molecule has 752 valence electrons. The fourth-order valence-corrected chi connectivity index (χ4v) is 23.9. The molecule has 22 rings (SSSR count). The SMILES string of the molecule is C=CCN1CCc2cc(C)ccc2[C@H]1Cc1ccc(C)c(O)c1.C[N@@+]1(CC2CC2)CCc2cc(CO)ccc2[C@H]1Cc1ccc(CO)c(O)c1.Cc1ccc2c(c1)CCC[C@@H]2Cc1ccc(C)c(O)c1.Cc1ccc2c(c1)CCN(CC1CC1)[C@@H]2Cc1ccc(C)c(O)c1.Cc1ccc2c(c1)CCN(CC1CC1)[C@H]2Cc1ccc(C)c(O)c1.Cc1ccc2c(c1)CCN(CC1CCC1)[C@@H]2Cc1ccc(C)c(O)c1. The zero-order chi connectivity index (χ0) is 100. The summed E-state index contributed by atoms with van der Waals surface area (Å²) in [7, 11) is 2.38. The minimum Gasteiger partial charge on any atom is -0.508 e. The number of hydrogen-bond acceptors (Lipinski definition) is 12. The number of aliphatic hydroxyl groups excluding tert-OH is 2. The molecule has 5 aliphatic carbocycles. The van der Waals surface area contributed by atoms with E-state index in [1.165, 1.54) is 245 Å². The average molecular weight is 1920 g/mol. The van der Waals surface area contributed by atoms with Crippen LogP contribution in [0.15, 0.2) is 231 Å². The molecule has 0 saturated heterocycles. The highest BCUT2D eigenvalue weighted by Gasteiger charge is 2.44. The normalized spacial score (nSPS) is 20.7. The number of nitrogens with zero attached hydrogens (tertiary/aromatic N) is 5. The van der Waals surface area contributed by atoms with Crippen molar-refractivity contribution in [2.45, 2.75) is 266 Å². The summed E-state index contributed by atoms with van der Waals surface area (Å²) in [6.45, 7) is 36.0. The zero-order valence-corrected chi connectivity index (χ0v) is 87.4. The summed E-state index contributed by atoms with van der Waals surface area (Å²) in [5.74, 6) is 6.39. The number of aryl methyl sites for hydroxylation is 11. The summed E-state index contributed by atoms with van der Waals surface area (Å²) in [5, 5.41) is 79.1. The molecule has 12 aromatic rings. The molecule has 10 aliphatic rings. The standard InChI is InChI=1S/C23H29NO3.C23H29NO.2C22H27NO.C21H25NO.C19H22O/c1-24(13-16-2-3-16)9-8-19-10-18(14-25)5-7-21(19)22(24)11-17-4-6-20(15-26)23(27)12-17;1-16-6-9-21-20(12-16)10-11-24(15-18-4-3-5-18)22(21)13-19-8-7-17(2)23(25)14-19;2*1-15-3-8-20-19(11-15)9-10-23(14-17-6-7-17)21(20)12-18-5-4-16(2)22(24)13-18;1-4-10-22-11-9-18-12-15(2)5-8-19(18)20(22)13-17-7-6-16(3)21(23)14-17;1-13-6-9-18-16(10-13)4-3-5-17(18)11-15-8-7-14(2)19(20)12-15/h4-7,10,12,16,22,25-26H,2-3,8-9,11,13-15H2,1H3;6-9,12,14,18,22,25H,3-5,10-11,13,15H2,1-2H3;2*3-5,8,11,13,17,21,24H,6-7,9-10,12,14H2,1-2H3;4-8,12,14,20,23H,1,9-11,13H2,2-3H3;6-10,12,17,20H,3-5,11H2,1-2H3/p+1/t22-,24+;22-;2*21-;20-;17-/m111011/s1. The third kappa shape index (κ3) is 26.6. The Morgan fingerprint density at radius 3 is 0.965 bits per heavy atom. The van der Waals surface area contributed by atoms with E-state index in [2.05, 4.69) is 201 Å². The maximum absolute atomic E-state index is 10.2. The van der Waals surface area contributed by atoms with Crippen molar-refractivity contribution in [3.8, 4) is 34.5 Å². The van der Waals surface area contributed by atoms with E-state index in [0.29, 0.717) is 70.4 Å². The van der Waals surface area contributed by atoms with Gasteiger partial charge in [0.2, 0.25) is 0 Å². The van der Waals surface area contributed by atoms with Crippen LogP contribution in [-0.4, -0.2) is 137 Å². The van der Waals surface area contributed by atoms with Crippen LogP contribution in [0.1, 0.15) is 274 Å². The number of aromatic hydroxyl groups is 6. The van der Waals surface area contributed by atoms with Crippen LogP contribution in [0.25, 0.3) is 0 Å². The first kappa shape index (κ1) is 103. The molecule has 13 nitrogen and oxygen atoms in total. The topological polar surface area (TPSA) is 175 Å². The number of likely N-dealkylation sites (N-methyl/N-ethyl adjacent to an activating group) is 1. The monoisotopic (exact) mass is 1920 g/mol. The number of hydrogen-bond donors (Lipinski definition) is 8. The van der Waals surface area contributed by atoms with Crippen LogP contribution in [0.3, 0.4) is 0 Å². The molecule has 5 aliphatic heterocycles. The second-order valence-electron chi connectivity index (χ2n) is 44.9. The van der Waals surface area contributed by atoms with E-state index < -0.39 is 0 Å². The highest BCUT2D eigenvalue weighted by Crippen LogP contribution is 2.47. The van der Waals surface area contributed by atoms with Gasteiger partial charge in [-0.2, -0.15) is 0 Å². The Morgan fingerprint density at radius 1 is 0.294 bits per heavy atom. The number of rotatable bonds is 24. The van der Waals surface area contributed by atoms with Crippen molar-refractivity contribution in [1.82, 2.24) is 19.6 Å². The summed E-state index contributed by atoms with van der Waals surface area (Å²) in [5.41, 5.74) is 38.0. The molecule has 0 unspecified atom stereocenters. The summed E-state index contributed by atoms with van der Waals surface area (Å²) < 4.78 is 1.04. The van der Waals surface area contributed by atoms with Crippen molar-refractivity contribution in [1.29, 1.82) is 0 Å². The van der Waals surface area contributed by atoms with Crippen LogP contribution >= 0.6 is 0 Å². The van der Waals surface area contributed by atoms with Gasteiger partial charge in [0.1, 0.15) is 40.5 Å². The Morgan fingerprint density at radius 2 is 0.615 bits per heavy atom. The molecule has 143 heavy (non-hydrogen) atoms. The summed E-state index contributed by atoms with van der Waals surface area (Å²) in [6.07, 6.45) is 29.6. The van der Waals surface area contributed by atoms with Crippen LogP contribution in [0.4, 0.5) is 0 Å². The molecule has 4 fully saturated rings. The highest BCUT2D eigenvalue weighted by molar-refractivity contribution is 5.48. The molecule has 0 amide bonds. The van der Waals surface area contributed by atoms with Crippen molar-refractivity contribution >= 4 is 0 Å². The van der Waals surface area contributed by atoms with E-state index in [1.54, 1.807) is 0 Å². The lowest BCUT2D eigenvalue weighted by molar-refractivity contribution is -0.943. The van der Waals surface area contributed by atoms with Gasteiger partial charge in [0, 0.05) is 106 Å². The molecule has 0 bridgehead atoms. The number of phenols is 6. The molecule has 8 N–H and O–H groups in total. The van der Waals surface area contributed by atoms with Gasteiger partial charge in [-0.3, -0.25) is 19.6 Å². The van der Waals surface area contributed by atoms with E-state index in [9.17, 15) is 40.9 Å². The molecule has 0 aromatic heterocycles. The minimum absolute atomic E-state index is 0.0860. The smallest absolute Gasteiger partial charge is 0.121 e. The van der Waals surface area contributed by atoms with Gasteiger partial charge >= 0.3 is 0 Å². The third-order valence-corrected chi connectivity index (χ3v) is 33.3. The van der Waals surface area contributed by atoms with E-state index in [0.717, 1.165) is 158 Å². The van der Waals surface area contributed by atoms with Gasteiger partial charge < -0.3 is 45.3 Å². The first-order chi connectivity index (χ1) is 69.0. The van der Waals surface area contributed by atoms with Gasteiger partial charge in [-0.25, -0.2) is 0 Å². The first-order valence-electron chi connectivity index (χ1n) is 54.0. The lowest BCUT2D eigenvalue weighted by Gasteiger charge is -2.46. The predicted octanol–water partition coefficient (Wildman–Crippen LogP) is 26.2. The van der Waals surface area contributed by atoms with E-state index in [-0.39, 0.29) is 19.0 Å². The Bertz CT molecular complexity index is 6290. The van der Waals surface area contributed by atoms with Gasteiger partial charge in [-0.15, -0.1) is 6.58 Å². The Balaban J connectivity index is 0.000000118. The fourth-order valence-electron chi connectivity index (χ4n) is 23.9. The van der Waals surface area contributed by atoms with E-state index in [4.69, 9.17) is 0 Å². The van der Waals surface area contributed by atoms with Crippen molar-refractivity contribution in [2.24, 2.45) is 23.7 Å². The maximum atomic E-state index is 10.2. The van der Waals surface area contributed by atoms with Crippen LogP contribution in [0.5, 0.6) is 34.5 Å². The zero-order valence-electron chi connectivity index (χ0n) is 87.4. The summed E-state index contributed by atoms with van der Waals surface area (Å²) >= 11 is 0. The van der Waals surface area contributed by atoms with Gasteiger partial charge in [0.05, 0.1) is 33.4 Å². The average Bonchev–Trinajstić information content (AvgIpc) is 1.67. The van der Waals surface area contributed by atoms with Gasteiger partial charge in [0.25, 0.3) is 0 Å². The van der Waals surface area contributed by atoms with Gasteiger partial charge in [-0.1, -0.05) is 222 Å². The molecule has 0 spiro atoms. The fraction of sp³-hybridized carbons (Fsp3) is 0.431.